The quantitative estimate of drug-likeness (QED) is 0.537. The van der Waals surface area contributed by atoms with Crippen LogP contribution in [-0.4, -0.2) is 16.9 Å². The average Bonchev–Trinajstić information content (AvgIpc) is 2.84. The first-order valence-electron chi connectivity index (χ1n) is 6.96. The number of esters is 2. The van der Waals surface area contributed by atoms with Crippen LogP contribution in [0.4, 0.5) is 0 Å². The SMILES string of the molecule is O=C1OC(=O)c2c1c(Cc1ccccc1)nc1ccccc21. The summed E-state index contributed by atoms with van der Waals surface area (Å²) in [5.74, 6) is -1.20. The van der Waals surface area contributed by atoms with Crippen molar-refractivity contribution in [3.05, 3.63) is 77.0 Å². The highest BCUT2D eigenvalue weighted by Gasteiger charge is 2.35. The second-order valence-electron chi connectivity index (χ2n) is 5.16. The number of hydrogen-bond acceptors (Lipinski definition) is 4. The van der Waals surface area contributed by atoms with Crippen molar-refractivity contribution in [2.24, 2.45) is 0 Å². The Morgan fingerprint density at radius 3 is 2.32 bits per heavy atom. The van der Waals surface area contributed by atoms with Gasteiger partial charge in [0.25, 0.3) is 0 Å². The maximum atomic E-state index is 12.0. The average molecular weight is 289 g/mol. The molecule has 0 unspecified atom stereocenters. The molecule has 4 heteroatoms. The first kappa shape index (κ1) is 12.7. The zero-order valence-corrected chi connectivity index (χ0v) is 11.6. The molecule has 4 nitrogen and oxygen atoms in total. The molecule has 0 fully saturated rings. The number of nitrogens with zero attached hydrogens (tertiary/aromatic N) is 1. The Balaban J connectivity index is 1.97. The number of benzene rings is 2. The standard InChI is InChI=1S/C18H11NO3/c20-17-15-12-8-4-5-9-13(12)19-14(16(15)18(21)22-17)10-11-6-2-1-3-7-11/h1-9H,10H2. The van der Waals surface area contributed by atoms with Gasteiger partial charge in [-0.2, -0.15) is 0 Å². The Bertz CT molecular complexity index is 916. The molecule has 0 aliphatic carbocycles. The van der Waals surface area contributed by atoms with Crippen molar-refractivity contribution in [2.45, 2.75) is 6.42 Å². The van der Waals surface area contributed by atoms with Gasteiger partial charge in [0.05, 0.1) is 22.3 Å². The van der Waals surface area contributed by atoms with Crippen molar-refractivity contribution >= 4 is 22.8 Å². The van der Waals surface area contributed by atoms with E-state index in [1.807, 2.05) is 48.5 Å². The van der Waals surface area contributed by atoms with E-state index in [0.717, 1.165) is 5.56 Å². The Kier molecular flexibility index (Phi) is 2.76. The van der Waals surface area contributed by atoms with E-state index in [1.54, 1.807) is 6.07 Å². The Morgan fingerprint density at radius 1 is 0.818 bits per heavy atom. The summed E-state index contributed by atoms with van der Waals surface area (Å²) in [6, 6.07) is 17.0. The van der Waals surface area contributed by atoms with E-state index in [0.29, 0.717) is 34.1 Å². The van der Waals surface area contributed by atoms with Crippen LogP contribution in [0.25, 0.3) is 10.9 Å². The first-order chi connectivity index (χ1) is 10.7. The predicted octanol–water partition coefficient (Wildman–Crippen LogP) is 3.14. The molecule has 0 atom stereocenters. The third kappa shape index (κ3) is 1.89. The van der Waals surface area contributed by atoms with Gasteiger partial charge in [-0.05, 0) is 11.6 Å². The number of ether oxygens (including phenoxy) is 1. The van der Waals surface area contributed by atoms with Crippen LogP contribution >= 0.6 is 0 Å². The Hall–Kier alpha value is -3.01. The zero-order valence-electron chi connectivity index (χ0n) is 11.6. The van der Waals surface area contributed by atoms with Crippen molar-refractivity contribution < 1.29 is 14.3 Å². The molecular formula is C18H11NO3. The summed E-state index contributed by atoms with van der Waals surface area (Å²) in [7, 11) is 0. The van der Waals surface area contributed by atoms with Crippen LogP contribution < -0.4 is 0 Å². The number of carbonyl (C=O) groups is 2. The minimum atomic E-state index is -0.607. The van der Waals surface area contributed by atoms with Crippen molar-refractivity contribution in [3.63, 3.8) is 0 Å². The van der Waals surface area contributed by atoms with Crippen molar-refractivity contribution in [3.8, 4) is 0 Å². The van der Waals surface area contributed by atoms with Gasteiger partial charge in [0.2, 0.25) is 0 Å². The minimum absolute atomic E-state index is 0.299. The molecule has 1 aromatic heterocycles. The molecule has 0 spiro atoms. The molecule has 0 amide bonds. The third-order valence-corrected chi connectivity index (χ3v) is 3.78. The van der Waals surface area contributed by atoms with E-state index < -0.39 is 11.9 Å². The summed E-state index contributed by atoms with van der Waals surface area (Å²) < 4.78 is 4.80. The number of hydrogen-bond donors (Lipinski definition) is 0. The van der Waals surface area contributed by atoms with Gasteiger partial charge in [-0.3, -0.25) is 4.98 Å². The normalized spacial score (nSPS) is 13.3. The molecule has 1 aliphatic rings. The molecule has 106 valence electrons. The van der Waals surface area contributed by atoms with Gasteiger partial charge in [0.15, 0.2) is 0 Å². The van der Waals surface area contributed by atoms with Gasteiger partial charge in [-0.15, -0.1) is 0 Å². The Labute approximate surface area is 126 Å². The number of aromatic nitrogens is 1. The number of pyridine rings is 1. The molecule has 2 heterocycles. The summed E-state index contributed by atoms with van der Waals surface area (Å²) in [4.78, 5) is 28.6. The predicted molar refractivity (Wildman–Crippen MR) is 80.7 cm³/mol. The molecule has 22 heavy (non-hydrogen) atoms. The van der Waals surface area contributed by atoms with Gasteiger partial charge in [-0.25, -0.2) is 9.59 Å². The second-order valence-corrected chi connectivity index (χ2v) is 5.16. The molecule has 2 aromatic carbocycles. The molecule has 3 aromatic rings. The molecular weight excluding hydrogens is 278 g/mol. The van der Waals surface area contributed by atoms with Crippen molar-refractivity contribution in [1.82, 2.24) is 4.98 Å². The molecule has 0 N–H and O–H groups in total. The van der Waals surface area contributed by atoms with E-state index in [9.17, 15) is 9.59 Å². The van der Waals surface area contributed by atoms with Gasteiger partial charge >= 0.3 is 11.9 Å². The minimum Gasteiger partial charge on any atom is -0.386 e. The fourth-order valence-corrected chi connectivity index (χ4v) is 2.80. The molecule has 0 saturated heterocycles. The number of carbonyl (C=O) groups excluding carboxylic acids is 2. The highest BCUT2D eigenvalue weighted by molar-refractivity contribution is 6.21. The number of cyclic esters (lactones) is 2. The number of para-hydroxylation sites is 1. The van der Waals surface area contributed by atoms with Crippen molar-refractivity contribution in [2.75, 3.05) is 0 Å². The fourth-order valence-electron chi connectivity index (χ4n) is 2.80. The monoisotopic (exact) mass is 289 g/mol. The van der Waals surface area contributed by atoms with E-state index in [2.05, 4.69) is 4.98 Å². The molecule has 1 aliphatic heterocycles. The van der Waals surface area contributed by atoms with Crippen LogP contribution in [-0.2, 0) is 11.2 Å². The van der Waals surface area contributed by atoms with Crippen LogP contribution in [0.15, 0.2) is 54.6 Å². The Morgan fingerprint density at radius 2 is 1.50 bits per heavy atom. The van der Waals surface area contributed by atoms with Crippen LogP contribution in [0.2, 0.25) is 0 Å². The molecule has 4 rings (SSSR count). The van der Waals surface area contributed by atoms with E-state index in [4.69, 9.17) is 4.74 Å². The lowest BCUT2D eigenvalue weighted by molar-refractivity contribution is 0.0444. The maximum Gasteiger partial charge on any atom is 0.348 e. The summed E-state index contributed by atoms with van der Waals surface area (Å²) in [6.45, 7) is 0. The summed E-state index contributed by atoms with van der Waals surface area (Å²) in [5.41, 5.74) is 2.93. The maximum absolute atomic E-state index is 12.0. The van der Waals surface area contributed by atoms with Gasteiger partial charge in [-0.1, -0.05) is 48.5 Å². The third-order valence-electron chi connectivity index (χ3n) is 3.78. The molecule has 0 bridgehead atoms. The van der Waals surface area contributed by atoms with Gasteiger partial charge in [0, 0.05) is 11.8 Å². The van der Waals surface area contributed by atoms with Crippen LogP contribution in [0.5, 0.6) is 0 Å². The first-order valence-corrected chi connectivity index (χ1v) is 6.96. The van der Waals surface area contributed by atoms with E-state index in [1.165, 1.54) is 0 Å². The smallest absolute Gasteiger partial charge is 0.348 e. The summed E-state index contributed by atoms with van der Waals surface area (Å²) >= 11 is 0. The summed E-state index contributed by atoms with van der Waals surface area (Å²) in [6.07, 6.45) is 0.483. The van der Waals surface area contributed by atoms with Crippen LogP contribution in [0, 0.1) is 0 Å². The van der Waals surface area contributed by atoms with Crippen LogP contribution in [0.3, 0.4) is 0 Å². The molecule has 0 radical (unpaired) electrons. The molecule has 0 saturated carbocycles. The van der Waals surface area contributed by atoms with E-state index >= 15 is 0 Å². The van der Waals surface area contributed by atoms with Crippen molar-refractivity contribution in [1.29, 1.82) is 0 Å². The highest BCUT2D eigenvalue weighted by Crippen LogP contribution is 2.30. The topological polar surface area (TPSA) is 56.3 Å². The number of rotatable bonds is 2. The zero-order chi connectivity index (χ0) is 15.1. The lowest BCUT2D eigenvalue weighted by Crippen LogP contribution is -2.05. The van der Waals surface area contributed by atoms with Crippen LogP contribution in [0.1, 0.15) is 32.0 Å². The van der Waals surface area contributed by atoms with Gasteiger partial charge in [0.1, 0.15) is 0 Å². The largest absolute Gasteiger partial charge is 0.386 e. The van der Waals surface area contributed by atoms with E-state index in [-0.39, 0.29) is 0 Å². The lowest BCUT2D eigenvalue weighted by atomic mass is 9.98. The highest BCUT2D eigenvalue weighted by atomic mass is 16.6. The number of fused-ring (bicyclic) bond motifs is 3. The second kappa shape index (κ2) is 4.77. The lowest BCUT2D eigenvalue weighted by Gasteiger charge is -2.07. The summed E-state index contributed by atoms with van der Waals surface area (Å²) in [5, 5.41) is 0.658. The van der Waals surface area contributed by atoms with Gasteiger partial charge < -0.3 is 4.74 Å². The fraction of sp³-hybridized carbons (Fsp3) is 0.0556.